The molecule has 22 heavy (non-hydrogen) atoms. The largest absolute Gasteiger partial charge is 0.309 e. The molecule has 2 nitrogen and oxygen atoms in total. The average Bonchev–Trinajstić information content (AvgIpc) is 2.55. The van der Waals surface area contributed by atoms with Crippen LogP contribution in [-0.2, 0) is 0 Å². The third kappa shape index (κ3) is 2.90. The Hall–Kier alpha value is -2.13. The van der Waals surface area contributed by atoms with Gasteiger partial charge in [0.05, 0.1) is 11.9 Å². The minimum absolute atomic E-state index is 1.05. The van der Waals surface area contributed by atoms with Gasteiger partial charge >= 0.3 is 0 Å². The van der Waals surface area contributed by atoms with Crippen LogP contribution in [0.2, 0.25) is 0 Å². The standard InChI is InChI=1S/C19H17BrN2/c1-14-11-18(12-15(2)19(14)20)22(16-7-4-3-5-8-16)17-9-6-10-21-13-17/h3-13H,1-2H3. The van der Waals surface area contributed by atoms with E-state index in [2.05, 4.69) is 82.1 Å². The third-order valence-corrected chi connectivity index (χ3v) is 4.85. The molecule has 1 aromatic heterocycles. The van der Waals surface area contributed by atoms with Crippen LogP contribution in [-0.4, -0.2) is 4.98 Å². The van der Waals surface area contributed by atoms with Crippen LogP contribution in [0.1, 0.15) is 11.1 Å². The van der Waals surface area contributed by atoms with Crippen molar-refractivity contribution < 1.29 is 0 Å². The molecule has 0 spiro atoms. The fourth-order valence-electron chi connectivity index (χ4n) is 2.56. The van der Waals surface area contributed by atoms with Crippen molar-refractivity contribution in [1.82, 2.24) is 4.98 Å². The van der Waals surface area contributed by atoms with Crippen molar-refractivity contribution in [2.24, 2.45) is 0 Å². The van der Waals surface area contributed by atoms with E-state index in [-0.39, 0.29) is 0 Å². The normalized spacial score (nSPS) is 10.5. The van der Waals surface area contributed by atoms with Crippen LogP contribution in [0.4, 0.5) is 17.1 Å². The Morgan fingerprint density at radius 1 is 0.818 bits per heavy atom. The van der Waals surface area contributed by atoms with E-state index in [0.717, 1.165) is 21.5 Å². The van der Waals surface area contributed by atoms with Crippen molar-refractivity contribution in [3.05, 3.63) is 82.6 Å². The molecule has 0 aliphatic heterocycles. The fraction of sp³-hybridized carbons (Fsp3) is 0.105. The van der Waals surface area contributed by atoms with Gasteiger partial charge in [-0.15, -0.1) is 0 Å². The van der Waals surface area contributed by atoms with E-state index in [1.165, 1.54) is 11.1 Å². The Morgan fingerprint density at radius 3 is 2.05 bits per heavy atom. The molecule has 0 aliphatic rings. The Balaban J connectivity index is 2.19. The maximum absolute atomic E-state index is 4.27. The van der Waals surface area contributed by atoms with Crippen LogP contribution in [0.25, 0.3) is 0 Å². The molecule has 3 rings (SSSR count). The van der Waals surface area contributed by atoms with Crippen molar-refractivity contribution in [2.75, 3.05) is 4.90 Å². The zero-order chi connectivity index (χ0) is 15.5. The summed E-state index contributed by atoms with van der Waals surface area (Å²) in [5.74, 6) is 0. The number of halogens is 1. The Labute approximate surface area is 139 Å². The first-order valence-corrected chi connectivity index (χ1v) is 7.98. The number of rotatable bonds is 3. The summed E-state index contributed by atoms with van der Waals surface area (Å²) in [4.78, 5) is 6.49. The van der Waals surface area contributed by atoms with Gasteiger partial charge in [-0.1, -0.05) is 34.1 Å². The van der Waals surface area contributed by atoms with E-state index in [1.807, 2.05) is 18.3 Å². The second-order valence-electron chi connectivity index (χ2n) is 5.28. The monoisotopic (exact) mass is 352 g/mol. The molecular weight excluding hydrogens is 336 g/mol. The average molecular weight is 353 g/mol. The highest BCUT2D eigenvalue weighted by Gasteiger charge is 2.14. The van der Waals surface area contributed by atoms with E-state index in [9.17, 15) is 0 Å². The van der Waals surface area contributed by atoms with Gasteiger partial charge in [0.2, 0.25) is 0 Å². The number of pyridine rings is 1. The molecule has 0 aliphatic carbocycles. The van der Waals surface area contributed by atoms with Gasteiger partial charge in [-0.3, -0.25) is 4.98 Å². The molecule has 2 aromatic carbocycles. The molecule has 0 radical (unpaired) electrons. The highest BCUT2D eigenvalue weighted by Crippen LogP contribution is 2.36. The van der Waals surface area contributed by atoms with Gasteiger partial charge < -0.3 is 4.90 Å². The fourth-order valence-corrected chi connectivity index (χ4v) is 2.79. The molecule has 0 fully saturated rings. The summed E-state index contributed by atoms with van der Waals surface area (Å²) in [6, 6.07) is 18.8. The van der Waals surface area contributed by atoms with Gasteiger partial charge in [-0.2, -0.15) is 0 Å². The van der Waals surface area contributed by atoms with Gasteiger partial charge in [0.25, 0.3) is 0 Å². The van der Waals surface area contributed by atoms with Crippen LogP contribution >= 0.6 is 15.9 Å². The number of hydrogen-bond acceptors (Lipinski definition) is 2. The van der Waals surface area contributed by atoms with E-state index in [4.69, 9.17) is 0 Å². The summed E-state index contributed by atoms with van der Waals surface area (Å²) in [7, 11) is 0. The molecule has 3 heteroatoms. The van der Waals surface area contributed by atoms with Gasteiger partial charge in [-0.05, 0) is 61.4 Å². The van der Waals surface area contributed by atoms with Crippen molar-refractivity contribution >= 4 is 33.0 Å². The predicted molar refractivity (Wildman–Crippen MR) is 96.1 cm³/mol. The zero-order valence-electron chi connectivity index (χ0n) is 12.6. The van der Waals surface area contributed by atoms with Gasteiger partial charge in [0.1, 0.15) is 0 Å². The number of benzene rings is 2. The van der Waals surface area contributed by atoms with E-state index < -0.39 is 0 Å². The Kier molecular flexibility index (Phi) is 4.25. The van der Waals surface area contributed by atoms with Crippen LogP contribution < -0.4 is 4.90 Å². The first-order valence-electron chi connectivity index (χ1n) is 7.19. The van der Waals surface area contributed by atoms with Gasteiger partial charge in [0, 0.05) is 22.0 Å². The van der Waals surface area contributed by atoms with Gasteiger partial charge in [0.15, 0.2) is 0 Å². The van der Waals surface area contributed by atoms with Crippen LogP contribution in [0.15, 0.2) is 71.5 Å². The summed E-state index contributed by atoms with van der Waals surface area (Å²) in [5.41, 5.74) is 5.75. The third-order valence-electron chi connectivity index (χ3n) is 3.60. The van der Waals surface area contributed by atoms with Crippen LogP contribution in [0, 0.1) is 13.8 Å². The first kappa shape index (κ1) is 14.8. The molecule has 0 saturated heterocycles. The molecular formula is C19H17BrN2. The molecule has 0 unspecified atom stereocenters. The maximum atomic E-state index is 4.27. The predicted octanol–water partition coefficient (Wildman–Crippen LogP) is 5.93. The molecule has 0 atom stereocenters. The number of hydrogen-bond donors (Lipinski definition) is 0. The highest BCUT2D eigenvalue weighted by atomic mass is 79.9. The zero-order valence-corrected chi connectivity index (χ0v) is 14.2. The van der Waals surface area contributed by atoms with Crippen molar-refractivity contribution in [2.45, 2.75) is 13.8 Å². The molecule has 3 aromatic rings. The summed E-state index contributed by atoms with van der Waals surface area (Å²) in [6.07, 6.45) is 3.68. The van der Waals surface area contributed by atoms with Crippen LogP contribution in [0.3, 0.4) is 0 Å². The number of para-hydroxylation sites is 1. The summed E-state index contributed by atoms with van der Waals surface area (Å²) in [6.45, 7) is 4.24. The molecule has 0 N–H and O–H groups in total. The maximum Gasteiger partial charge on any atom is 0.0644 e. The summed E-state index contributed by atoms with van der Waals surface area (Å²) >= 11 is 3.64. The summed E-state index contributed by atoms with van der Waals surface area (Å²) in [5, 5.41) is 0. The number of nitrogens with zero attached hydrogens (tertiary/aromatic N) is 2. The molecule has 1 heterocycles. The number of anilines is 3. The molecule has 0 amide bonds. The Bertz CT molecular complexity index is 707. The first-order chi connectivity index (χ1) is 10.7. The lowest BCUT2D eigenvalue weighted by atomic mass is 10.1. The topological polar surface area (TPSA) is 16.1 Å². The second kappa shape index (κ2) is 6.32. The Morgan fingerprint density at radius 2 is 1.45 bits per heavy atom. The molecule has 0 bridgehead atoms. The number of aromatic nitrogens is 1. The highest BCUT2D eigenvalue weighted by molar-refractivity contribution is 9.10. The van der Waals surface area contributed by atoms with Crippen molar-refractivity contribution in [1.29, 1.82) is 0 Å². The summed E-state index contributed by atoms with van der Waals surface area (Å²) < 4.78 is 1.16. The minimum atomic E-state index is 1.05. The lowest BCUT2D eigenvalue weighted by Crippen LogP contribution is -2.10. The van der Waals surface area contributed by atoms with E-state index in [0.29, 0.717) is 0 Å². The number of aryl methyl sites for hydroxylation is 2. The van der Waals surface area contributed by atoms with E-state index in [1.54, 1.807) is 6.20 Å². The smallest absolute Gasteiger partial charge is 0.0644 e. The van der Waals surface area contributed by atoms with E-state index >= 15 is 0 Å². The van der Waals surface area contributed by atoms with Gasteiger partial charge in [-0.25, -0.2) is 0 Å². The van der Waals surface area contributed by atoms with Crippen molar-refractivity contribution in [3.63, 3.8) is 0 Å². The molecule has 110 valence electrons. The quantitative estimate of drug-likeness (QED) is 0.580. The lowest BCUT2D eigenvalue weighted by molar-refractivity contribution is 1.21. The molecule has 0 saturated carbocycles. The van der Waals surface area contributed by atoms with Crippen molar-refractivity contribution in [3.8, 4) is 0 Å². The minimum Gasteiger partial charge on any atom is -0.309 e. The SMILES string of the molecule is Cc1cc(N(c2ccccc2)c2cccnc2)cc(C)c1Br. The van der Waals surface area contributed by atoms with Crippen LogP contribution in [0.5, 0.6) is 0 Å². The second-order valence-corrected chi connectivity index (χ2v) is 6.07. The lowest BCUT2D eigenvalue weighted by Gasteiger charge is -2.26.